The largest absolute Gasteiger partial charge is 0.297 e. The van der Waals surface area contributed by atoms with Gasteiger partial charge in [0.05, 0.1) is 9.49 Å². The van der Waals surface area contributed by atoms with E-state index in [0.717, 1.165) is 0 Å². The average Bonchev–Trinajstić information content (AvgIpc) is 1.95. The Labute approximate surface area is 69.7 Å². The van der Waals surface area contributed by atoms with Crippen LogP contribution in [0.15, 0.2) is 0 Å². The lowest BCUT2D eigenvalue weighted by molar-refractivity contribution is -0.121. The number of carbonyl (C=O) groups is 1. The van der Waals surface area contributed by atoms with Crippen molar-refractivity contribution in [2.24, 2.45) is 0 Å². The molecular formula is C7H12OS2. The predicted octanol–water partition coefficient (Wildman–Crippen LogP) is 2.51. The van der Waals surface area contributed by atoms with Gasteiger partial charge in [0.1, 0.15) is 0 Å². The molecule has 0 saturated carbocycles. The lowest BCUT2D eigenvalue weighted by atomic mass is 9.97. The second-order valence-electron chi connectivity index (χ2n) is 3.52. The van der Waals surface area contributed by atoms with Gasteiger partial charge >= 0.3 is 0 Å². The minimum atomic E-state index is -0.172. The highest BCUT2D eigenvalue weighted by Crippen LogP contribution is 2.53. The van der Waals surface area contributed by atoms with E-state index in [4.69, 9.17) is 0 Å². The fourth-order valence-corrected chi connectivity index (χ4v) is 3.86. The quantitative estimate of drug-likeness (QED) is 0.528. The van der Waals surface area contributed by atoms with Crippen LogP contribution in [-0.2, 0) is 4.79 Å². The summed E-state index contributed by atoms with van der Waals surface area (Å²) >= 11 is 0. The Morgan fingerprint density at radius 1 is 1.00 bits per heavy atom. The van der Waals surface area contributed by atoms with Crippen LogP contribution in [0.25, 0.3) is 0 Å². The van der Waals surface area contributed by atoms with E-state index in [1.54, 1.807) is 21.6 Å². The Hall–Kier alpha value is 0.370. The van der Waals surface area contributed by atoms with Crippen LogP contribution in [0, 0.1) is 0 Å². The van der Waals surface area contributed by atoms with E-state index < -0.39 is 0 Å². The monoisotopic (exact) mass is 176 g/mol. The van der Waals surface area contributed by atoms with Crippen LogP contribution in [0.5, 0.6) is 0 Å². The molecule has 1 saturated heterocycles. The van der Waals surface area contributed by atoms with Crippen molar-refractivity contribution < 1.29 is 4.79 Å². The number of Topliss-reactive ketones (excluding diaryl/α,β-unsaturated/α-hetero) is 1. The topological polar surface area (TPSA) is 17.1 Å². The average molecular weight is 176 g/mol. The maximum atomic E-state index is 11.5. The molecular weight excluding hydrogens is 164 g/mol. The third-order valence-corrected chi connectivity index (χ3v) is 5.59. The third-order valence-electron chi connectivity index (χ3n) is 1.55. The molecule has 0 aromatic rings. The van der Waals surface area contributed by atoms with Gasteiger partial charge in [0.2, 0.25) is 0 Å². The van der Waals surface area contributed by atoms with Gasteiger partial charge in [-0.1, -0.05) is 21.6 Å². The van der Waals surface area contributed by atoms with Crippen LogP contribution >= 0.6 is 21.6 Å². The van der Waals surface area contributed by atoms with E-state index in [0.29, 0.717) is 5.78 Å². The molecule has 0 aromatic heterocycles. The van der Waals surface area contributed by atoms with Gasteiger partial charge in [-0.05, 0) is 27.7 Å². The standard InChI is InChI=1S/C7H12OS2/c1-6(2)5(8)7(3,4)10-9-6/h1-4H3. The van der Waals surface area contributed by atoms with Gasteiger partial charge in [-0.2, -0.15) is 0 Å². The highest BCUT2D eigenvalue weighted by atomic mass is 33.1. The predicted molar refractivity (Wildman–Crippen MR) is 48.3 cm³/mol. The van der Waals surface area contributed by atoms with Gasteiger partial charge in [0, 0.05) is 0 Å². The molecule has 1 fully saturated rings. The molecule has 0 radical (unpaired) electrons. The molecule has 58 valence electrons. The van der Waals surface area contributed by atoms with Crippen molar-refractivity contribution >= 4 is 27.4 Å². The smallest absolute Gasteiger partial charge is 0.165 e. The van der Waals surface area contributed by atoms with Crippen molar-refractivity contribution in [2.45, 2.75) is 37.2 Å². The van der Waals surface area contributed by atoms with Crippen LogP contribution in [0.3, 0.4) is 0 Å². The lowest BCUT2D eigenvalue weighted by Gasteiger charge is -2.16. The van der Waals surface area contributed by atoms with Gasteiger partial charge in [-0.3, -0.25) is 4.79 Å². The maximum absolute atomic E-state index is 11.5. The molecule has 1 nitrogen and oxygen atoms in total. The molecule has 0 bridgehead atoms. The van der Waals surface area contributed by atoms with Gasteiger partial charge < -0.3 is 0 Å². The van der Waals surface area contributed by atoms with Gasteiger partial charge in [0.15, 0.2) is 5.78 Å². The second-order valence-corrected chi connectivity index (χ2v) is 6.89. The summed E-state index contributed by atoms with van der Waals surface area (Å²) in [4.78, 5) is 11.5. The fraction of sp³-hybridized carbons (Fsp3) is 0.857. The normalized spacial score (nSPS) is 29.0. The van der Waals surface area contributed by atoms with Crippen molar-refractivity contribution in [3.8, 4) is 0 Å². The van der Waals surface area contributed by atoms with Crippen LogP contribution < -0.4 is 0 Å². The summed E-state index contributed by atoms with van der Waals surface area (Å²) in [6, 6.07) is 0. The van der Waals surface area contributed by atoms with Crippen LogP contribution in [-0.4, -0.2) is 15.3 Å². The molecule has 0 N–H and O–H groups in total. The van der Waals surface area contributed by atoms with Crippen LogP contribution in [0.2, 0.25) is 0 Å². The summed E-state index contributed by atoms with van der Waals surface area (Å²) in [5.41, 5.74) is 0. The SMILES string of the molecule is CC1(C)SSC(C)(C)C1=O. The number of ketones is 1. The summed E-state index contributed by atoms with van der Waals surface area (Å²) < 4.78 is -0.345. The Bertz CT molecular complexity index is 154. The van der Waals surface area contributed by atoms with E-state index in [9.17, 15) is 4.79 Å². The zero-order chi connectivity index (χ0) is 7.99. The Kier molecular flexibility index (Phi) is 1.84. The first-order chi connectivity index (χ1) is 4.36. The minimum absolute atomic E-state index is 0.172. The Balaban J connectivity index is 2.88. The first kappa shape index (κ1) is 8.47. The van der Waals surface area contributed by atoms with Gasteiger partial charge in [-0.25, -0.2) is 0 Å². The molecule has 0 amide bonds. The molecule has 0 spiro atoms. The van der Waals surface area contributed by atoms with E-state index in [1.807, 2.05) is 27.7 Å². The summed E-state index contributed by atoms with van der Waals surface area (Å²) in [5, 5.41) is 0. The molecule has 1 rings (SSSR count). The molecule has 0 aromatic carbocycles. The first-order valence-electron chi connectivity index (χ1n) is 3.28. The van der Waals surface area contributed by atoms with Crippen molar-refractivity contribution in [3.05, 3.63) is 0 Å². The van der Waals surface area contributed by atoms with Crippen molar-refractivity contribution in [2.75, 3.05) is 0 Å². The number of hydrogen-bond acceptors (Lipinski definition) is 3. The first-order valence-corrected chi connectivity index (χ1v) is 5.43. The highest BCUT2D eigenvalue weighted by molar-refractivity contribution is 8.78. The van der Waals surface area contributed by atoms with E-state index in [-0.39, 0.29) is 9.49 Å². The molecule has 0 unspecified atom stereocenters. The Morgan fingerprint density at radius 2 is 1.30 bits per heavy atom. The molecule has 1 heterocycles. The summed E-state index contributed by atoms with van der Waals surface area (Å²) in [5.74, 6) is 0.356. The van der Waals surface area contributed by atoms with Gasteiger partial charge in [0.25, 0.3) is 0 Å². The fourth-order valence-electron chi connectivity index (χ4n) is 1.01. The van der Waals surface area contributed by atoms with E-state index in [2.05, 4.69) is 0 Å². The molecule has 0 aliphatic carbocycles. The summed E-state index contributed by atoms with van der Waals surface area (Å²) in [7, 11) is 3.36. The van der Waals surface area contributed by atoms with E-state index in [1.165, 1.54) is 0 Å². The molecule has 1 aliphatic heterocycles. The van der Waals surface area contributed by atoms with Gasteiger partial charge in [-0.15, -0.1) is 0 Å². The summed E-state index contributed by atoms with van der Waals surface area (Å²) in [6.07, 6.45) is 0. The Morgan fingerprint density at radius 3 is 1.40 bits per heavy atom. The number of hydrogen-bond donors (Lipinski definition) is 0. The lowest BCUT2D eigenvalue weighted by Crippen LogP contribution is -2.34. The minimum Gasteiger partial charge on any atom is -0.297 e. The third kappa shape index (κ3) is 1.21. The van der Waals surface area contributed by atoms with E-state index >= 15 is 0 Å². The van der Waals surface area contributed by atoms with Crippen LogP contribution in [0.1, 0.15) is 27.7 Å². The highest BCUT2D eigenvalue weighted by Gasteiger charge is 2.47. The summed E-state index contributed by atoms with van der Waals surface area (Å²) in [6.45, 7) is 7.95. The molecule has 0 atom stereocenters. The number of rotatable bonds is 0. The van der Waals surface area contributed by atoms with Crippen molar-refractivity contribution in [1.82, 2.24) is 0 Å². The second kappa shape index (κ2) is 2.18. The maximum Gasteiger partial charge on any atom is 0.165 e. The number of carbonyl (C=O) groups excluding carboxylic acids is 1. The molecule has 10 heavy (non-hydrogen) atoms. The zero-order valence-corrected chi connectivity index (χ0v) is 8.36. The molecule has 1 aliphatic rings. The van der Waals surface area contributed by atoms with Crippen LogP contribution in [0.4, 0.5) is 0 Å². The molecule has 3 heteroatoms. The van der Waals surface area contributed by atoms with Crippen molar-refractivity contribution in [3.63, 3.8) is 0 Å². The van der Waals surface area contributed by atoms with Crippen molar-refractivity contribution in [1.29, 1.82) is 0 Å². The zero-order valence-electron chi connectivity index (χ0n) is 6.72.